The van der Waals surface area contributed by atoms with Gasteiger partial charge in [0, 0.05) is 10.7 Å². The molecule has 1 aromatic heterocycles. The minimum Gasteiger partial charge on any atom is -0.360 e. The van der Waals surface area contributed by atoms with Crippen molar-refractivity contribution in [3.8, 4) is 0 Å². The van der Waals surface area contributed by atoms with Crippen LogP contribution in [0.1, 0.15) is 11.4 Å². The third-order valence-electron chi connectivity index (χ3n) is 4.54. The second-order valence-electron chi connectivity index (χ2n) is 6.15. The van der Waals surface area contributed by atoms with Crippen molar-refractivity contribution in [2.75, 3.05) is 31.1 Å². The summed E-state index contributed by atoms with van der Waals surface area (Å²) in [5.41, 5.74) is 2.38. The largest absolute Gasteiger partial charge is 0.360 e. The smallest absolute Gasteiger partial charge is 0.312 e. The van der Waals surface area contributed by atoms with Gasteiger partial charge in [-0.05, 0) is 32.0 Å². The predicted octanol–water partition coefficient (Wildman–Crippen LogP) is 1.42. The molecule has 0 spiro atoms. The molecular weight excluding hydrogens is 330 g/mol. The average molecular weight is 351 g/mol. The van der Waals surface area contributed by atoms with Crippen molar-refractivity contribution < 1.29 is 9.82 Å². The van der Waals surface area contributed by atoms with Crippen molar-refractivity contribution in [3.63, 3.8) is 0 Å². The molecule has 3 rings (SSSR count). The van der Waals surface area contributed by atoms with Crippen LogP contribution >= 0.6 is 11.6 Å². The number of benzene rings is 1. The Bertz CT molecular complexity index is 753. The Hall–Kier alpha value is -2.12. The molecule has 2 aromatic rings. The quantitative estimate of drug-likeness (QED) is 0.669. The van der Waals surface area contributed by atoms with Crippen molar-refractivity contribution in [3.05, 3.63) is 50.8 Å². The number of halogens is 1. The monoisotopic (exact) mass is 350 g/mol. The van der Waals surface area contributed by atoms with Crippen LogP contribution in [-0.2, 0) is 6.67 Å². The Morgan fingerprint density at radius 1 is 1.33 bits per heavy atom. The number of aromatic nitrogens is 2. The van der Waals surface area contributed by atoms with Crippen molar-refractivity contribution >= 4 is 23.0 Å². The molecule has 7 nitrogen and oxygen atoms in total. The number of nitro groups is 1. The van der Waals surface area contributed by atoms with Gasteiger partial charge in [0.05, 0.1) is 31.1 Å². The number of aryl methyl sites for hydroxylation is 1. The summed E-state index contributed by atoms with van der Waals surface area (Å²) in [4.78, 5) is 14.4. The molecule has 0 saturated carbocycles. The number of hydrogen-bond donors (Lipinski definition) is 1. The minimum absolute atomic E-state index is 0.131. The Balaban J connectivity index is 1.64. The van der Waals surface area contributed by atoms with Gasteiger partial charge in [0.15, 0.2) is 6.67 Å². The lowest BCUT2D eigenvalue weighted by molar-refractivity contribution is -0.924. The van der Waals surface area contributed by atoms with E-state index in [4.69, 9.17) is 11.6 Å². The van der Waals surface area contributed by atoms with Gasteiger partial charge in [-0.15, -0.1) is 0 Å². The fraction of sp³-hybridized carbons (Fsp3) is 0.438. The molecule has 0 unspecified atom stereocenters. The van der Waals surface area contributed by atoms with E-state index in [0.717, 1.165) is 36.9 Å². The van der Waals surface area contributed by atoms with E-state index < -0.39 is 0 Å². The summed E-state index contributed by atoms with van der Waals surface area (Å²) in [5, 5.41) is 16.2. The zero-order valence-electron chi connectivity index (χ0n) is 13.8. The first-order chi connectivity index (χ1) is 11.5. The van der Waals surface area contributed by atoms with E-state index in [9.17, 15) is 10.1 Å². The van der Waals surface area contributed by atoms with Crippen molar-refractivity contribution in [1.82, 2.24) is 9.78 Å². The predicted molar refractivity (Wildman–Crippen MR) is 92.7 cm³/mol. The lowest BCUT2D eigenvalue weighted by Crippen LogP contribution is -3.14. The topological polar surface area (TPSA) is 68.6 Å². The molecule has 0 aliphatic carbocycles. The first-order valence-corrected chi connectivity index (χ1v) is 8.36. The van der Waals surface area contributed by atoms with Gasteiger partial charge >= 0.3 is 5.69 Å². The highest BCUT2D eigenvalue weighted by atomic mass is 35.5. The number of quaternary nitrogens is 1. The van der Waals surface area contributed by atoms with Crippen LogP contribution in [0.15, 0.2) is 24.3 Å². The Kier molecular flexibility index (Phi) is 4.73. The maximum Gasteiger partial charge on any atom is 0.312 e. The standard InChI is InChI=1S/C16H20ClN5O2/c1-12-16(22(23)24)13(2)21(18-12)11-19-6-8-20(9-7-19)15-5-3-4-14(17)10-15/h3-5,10H,6-9,11H2,1-2H3/p+1. The summed E-state index contributed by atoms with van der Waals surface area (Å²) in [6, 6.07) is 7.90. The van der Waals surface area contributed by atoms with Gasteiger partial charge < -0.3 is 9.80 Å². The lowest BCUT2D eigenvalue weighted by Gasteiger charge is -2.33. The van der Waals surface area contributed by atoms with Crippen LogP contribution in [0.3, 0.4) is 0 Å². The fourth-order valence-electron chi connectivity index (χ4n) is 3.23. The number of piperazine rings is 1. The number of nitrogens with one attached hydrogen (secondary N) is 1. The fourth-order valence-corrected chi connectivity index (χ4v) is 3.41. The van der Waals surface area contributed by atoms with Crippen molar-refractivity contribution in [2.45, 2.75) is 20.5 Å². The zero-order chi connectivity index (χ0) is 17.3. The Morgan fingerprint density at radius 3 is 2.62 bits per heavy atom. The van der Waals surface area contributed by atoms with E-state index in [1.807, 2.05) is 18.2 Å². The van der Waals surface area contributed by atoms with Gasteiger partial charge in [-0.2, -0.15) is 5.10 Å². The van der Waals surface area contributed by atoms with Crippen LogP contribution < -0.4 is 9.80 Å². The average Bonchev–Trinajstić information content (AvgIpc) is 2.82. The van der Waals surface area contributed by atoms with Gasteiger partial charge in [-0.3, -0.25) is 10.1 Å². The first kappa shape index (κ1) is 16.7. The van der Waals surface area contributed by atoms with E-state index in [1.54, 1.807) is 18.5 Å². The Labute approximate surface area is 145 Å². The summed E-state index contributed by atoms with van der Waals surface area (Å²) in [7, 11) is 0. The van der Waals surface area contributed by atoms with E-state index in [2.05, 4.69) is 16.1 Å². The van der Waals surface area contributed by atoms with E-state index >= 15 is 0 Å². The molecule has 128 valence electrons. The third kappa shape index (κ3) is 3.37. The molecule has 1 aliphatic rings. The van der Waals surface area contributed by atoms with Crippen LogP contribution in [-0.4, -0.2) is 40.9 Å². The molecule has 1 saturated heterocycles. The molecule has 2 heterocycles. The first-order valence-electron chi connectivity index (χ1n) is 7.98. The third-order valence-corrected chi connectivity index (χ3v) is 4.78. The molecule has 0 atom stereocenters. The second kappa shape index (κ2) is 6.78. The highest BCUT2D eigenvalue weighted by Gasteiger charge is 2.26. The summed E-state index contributed by atoms with van der Waals surface area (Å²) in [5.74, 6) is 0. The molecule has 1 aromatic carbocycles. The molecule has 1 aliphatic heterocycles. The maximum atomic E-state index is 11.1. The Morgan fingerprint density at radius 2 is 2.04 bits per heavy atom. The van der Waals surface area contributed by atoms with Crippen LogP contribution in [0.5, 0.6) is 0 Å². The molecule has 0 bridgehead atoms. The lowest BCUT2D eigenvalue weighted by atomic mass is 10.2. The van der Waals surface area contributed by atoms with Crippen LogP contribution in [0.2, 0.25) is 5.02 Å². The summed E-state index contributed by atoms with van der Waals surface area (Å²) >= 11 is 6.06. The van der Waals surface area contributed by atoms with Gasteiger partial charge in [0.2, 0.25) is 0 Å². The van der Waals surface area contributed by atoms with Crippen molar-refractivity contribution in [2.24, 2.45) is 0 Å². The summed E-state index contributed by atoms with van der Waals surface area (Å²) < 4.78 is 1.76. The molecule has 24 heavy (non-hydrogen) atoms. The van der Waals surface area contributed by atoms with Crippen molar-refractivity contribution in [1.29, 1.82) is 0 Å². The highest BCUT2D eigenvalue weighted by Crippen LogP contribution is 2.21. The number of hydrogen-bond acceptors (Lipinski definition) is 4. The van der Waals surface area contributed by atoms with E-state index in [1.165, 1.54) is 4.90 Å². The zero-order valence-corrected chi connectivity index (χ0v) is 14.6. The molecular formula is C16H21ClN5O2+. The highest BCUT2D eigenvalue weighted by molar-refractivity contribution is 6.30. The minimum atomic E-state index is -0.347. The van der Waals surface area contributed by atoms with Crippen LogP contribution in [0.4, 0.5) is 11.4 Å². The SMILES string of the molecule is Cc1nn(C[NH+]2CCN(c3cccc(Cl)c3)CC2)c(C)c1[N+](=O)[O-]. The van der Waals surface area contributed by atoms with E-state index in [-0.39, 0.29) is 10.6 Å². The van der Waals surface area contributed by atoms with Gasteiger partial charge in [0.25, 0.3) is 0 Å². The second-order valence-corrected chi connectivity index (χ2v) is 6.59. The van der Waals surface area contributed by atoms with Crippen LogP contribution in [0.25, 0.3) is 0 Å². The van der Waals surface area contributed by atoms with Gasteiger partial charge in [-0.25, -0.2) is 4.68 Å². The molecule has 0 amide bonds. The molecule has 8 heteroatoms. The van der Waals surface area contributed by atoms with Crippen LogP contribution in [0, 0.1) is 24.0 Å². The molecule has 1 N–H and O–H groups in total. The normalized spacial score (nSPS) is 15.7. The summed E-state index contributed by atoms with van der Waals surface area (Å²) in [6.45, 7) is 7.88. The number of anilines is 1. The molecule has 1 fully saturated rings. The van der Waals surface area contributed by atoms with E-state index in [0.29, 0.717) is 18.1 Å². The summed E-state index contributed by atoms with van der Waals surface area (Å²) in [6.07, 6.45) is 0. The maximum absolute atomic E-state index is 11.1. The number of rotatable bonds is 4. The van der Waals surface area contributed by atoms with Gasteiger partial charge in [0.1, 0.15) is 11.4 Å². The number of nitrogens with zero attached hydrogens (tertiary/aromatic N) is 4. The molecule has 0 radical (unpaired) electrons. The van der Waals surface area contributed by atoms with Gasteiger partial charge in [-0.1, -0.05) is 17.7 Å².